The van der Waals surface area contributed by atoms with Crippen molar-refractivity contribution in [2.24, 2.45) is 0 Å². The van der Waals surface area contributed by atoms with Crippen molar-refractivity contribution >= 4 is 21.6 Å². The summed E-state index contributed by atoms with van der Waals surface area (Å²) in [5.41, 5.74) is 1.31. The highest BCUT2D eigenvalue weighted by Gasteiger charge is 2.15. The number of rotatable bonds is 8. The molecule has 0 aliphatic heterocycles. The molecular weight excluding hydrogens is 292 g/mol. The van der Waals surface area contributed by atoms with Gasteiger partial charge in [0.15, 0.2) is 0 Å². The summed E-state index contributed by atoms with van der Waals surface area (Å²) >= 11 is 0. The van der Waals surface area contributed by atoms with Gasteiger partial charge in [0.25, 0.3) is 0 Å². The number of amides is 1. The molecule has 0 fully saturated rings. The van der Waals surface area contributed by atoms with E-state index >= 15 is 0 Å². The minimum Gasteiger partial charge on any atom is -0.383 e. The molecule has 1 aromatic rings. The minimum absolute atomic E-state index is 0.0949. The molecule has 118 valence electrons. The van der Waals surface area contributed by atoms with Crippen LogP contribution in [0.15, 0.2) is 24.3 Å². The minimum atomic E-state index is -3.35. The SMILES string of the molecule is COCCNC(=O)Cc1ccc(NS(=O)(=O)C(C)C)cc1. The van der Waals surface area contributed by atoms with Gasteiger partial charge in [0.2, 0.25) is 15.9 Å². The smallest absolute Gasteiger partial charge is 0.235 e. The van der Waals surface area contributed by atoms with E-state index in [0.717, 1.165) is 5.56 Å². The van der Waals surface area contributed by atoms with Crippen molar-refractivity contribution in [1.82, 2.24) is 5.32 Å². The number of sulfonamides is 1. The molecule has 0 radical (unpaired) electrons. The highest BCUT2D eigenvalue weighted by molar-refractivity contribution is 7.93. The summed E-state index contributed by atoms with van der Waals surface area (Å²) in [5.74, 6) is -0.0949. The lowest BCUT2D eigenvalue weighted by atomic mass is 10.1. The number of anilines is 1. The molecule has 2 N–H and O–H groups in total. The Balaban J connectivity index is 2.56. The molecule has 0 heterocycles. The van der Waals surface area contributed by atoms with Crippen LogP contribution in [0.1, 0.15) is 19.4 Å². The van der Waals surface area contributed by atoms with Gasteiger partial charge < -0.3 is 10.1 Å². The monoisotopic (exact) mass is 314 g/mol. The average molecular weight is 314 g/mol. The lowest BCUT2D eigenvalue weighted by Gasteiger charge is -2.11. The fourth-order valence-electron chi connectivity index (χ4n) is 1.51. The van der Waals surface area contributed by atoms with Crippen LogP contribution in [0.5, 0.6) is 0 Å². The van der Waals surface area contributed by atoms with Crippen LogP contribution in [0, 0.1) is 0 Å². The van der Waals surface area contributed by atoms with Gasteiger partial charge in [-0.1, -0.05) is 12.1 Å². The maximum Gasteiger partial charge on any atom is 0.235 e. The first-order valence-corrected chi connectivity index (χ1v) is 8.26. The van der Waals surface area contributed by atoms with Crippen LogP contribution in [0.2, 0.25) is 0 Å². The number of nitrogens with one attached hydrogen (secondary N) is 2. The highest BCUT2D eigenvalue weighted by atomic mass is 32.2. The first kappa shape index (κ1) is 17.5. The van der Waals surface area contributed by atoms with Crippen LogP contribution >= 0.6 is 0 Å². The zero-order valence-corrected chi connectivity index (χ0v) is 13.4. The molecule has 21 heavy (non-hydrogen) atoms. The van der Waals surface area contributed by atoms with Crippen molar-refractivity contribution in [2.45, 2.75) is 25.5 Å². The Labute approximate surface area is 125 Å². The average Bonchev–Trinajstić information content (AvgIpc) is 2.41. The lowest BCUT2D eigenvalue weighted by molar-refractivity contribution is -0.120. The van der Waals surface area contributed by atoms with E-state index in [4.69, 9.17) is 4.74 Å². The van der Waals surface area contributed by atoms with Crippen LogP contribution < -0.4 is 10.0 Å². The van der Waals surface area contributed by atoms with E-state index in [2.05, 4.69) is 10.0 Å². The maximum absolute atomic E-state index is 11.7. The standard InChI is InChI=1S/C14H22N2O4S/c1-11(2)21(18,19)16-13-6-4-12(5-7-13)10-14(17)15-8-9-20-3/h4-7,11,16H,8-10H2,1-3H3,(H,15,17). The quantitative estimate of drug-likeness (QED) is 0.705. The second kappa shape index (κ2) is 7.99. The zero-order chi connectivity index (χ0) is 15.9. The Hall–Kier alpha value is -1.60. The van der Waals surface area contributed by atoms with E-state index in [-0.39, 0.29) is 12.3 Å². The third kappa shape index (κ3) is 6.14. The van der Waals surface area contributed by atoms with Gasteiger partial charge in [-0.2, -0.15) is 0 Å². The second-order valence-electron chi connectivity index (χ2n) is 4.91. The first-order valence-electron chi connectivity index (χ1n) is 6.71. The van der Waals surface area contributed by atoms with Crippen molar-refractivity contribution < 1.29 is 17.9 Å². The number of carbonyl (C=O) groups excluding carboxylic acids is 1. The Kier molecular flexibility index (Phi) is 6.64. The van der Waals surface area contributed by atoms with Gasteiger partial charge in [-0.05, 0) is 31.5 Å². The number of carbonyl (C=O) groups is 1. The molecule has 7 heteroatoms. The molecule has 0 saturated carbocycles. The fraction of sp³-hybridized carbons (Fsp3) is 0.500. The van der Waals surface area contributed by atoms with Crippen LogP contribution in [-0.2, 0) is 26.0 Å². The molecule has 0 aromatic heterocycles. The molecule has 1 aromatic carbocycles. The van der Waals surface area contributed by atoms with Gasteiger partial charge in [-0.3, -0.25) is 9.52 Å². The van der Waals surface area contributed by atoms with Gasteiger partial charge in [0, 0.05) is 19.3 Å². The van der Waals surface area contributed by atoms with E-state index in [1.165, 1.54) is 0 Å². The van der Waals surface area contributed by atoms with E-state index < -0.39 is 15.3 Å². The number of benzene rings is 1. The maximum atomic E-state index is 11.7. The molecule has 1 amide bonds. The Morgan fingerprint density at radius 1 is 1.24 bits per heavy atom. The Morgan fingerprint density at radius 3 is 2.38 bits per heavy atom. The topological polar surface area (TPSA) is 84.5 Å². The molecule has 0 spiro atoms. The van der Waals surface area contributed by atoms with Crippen molar-refractivity contribution in [3.05, 3.63) is 29.8 Å². The summed E-state index contributed by atoms with van der Waals surface area (Å²) in [5, 5.41) is 2.23. The van der Waals surface area contributed by atoms with Crippen LogP contribution in [-0.4, -0.2) is 39.8 Å². The van der Waals surface area contributed by atoms with Gasteiger partial charge in [0.05, 0.1) is 18.3 Å². The lowest BCUT2D eigenvalue weighted by Crippen LogP contribution is -2.28. The van der Waals surface area contributed by atoms with Crippen LogP contribution in [0.25, 0.3) is 0 Å². The van der Waals surface area contributed by atoms with E-state index in [9.17, 15) is 13.2 Å². The number of ether oxygens (including phenoxy) is 1. The second-order valence-corrected chi connectivity index (χ2v) is 7.15. The van der Waals surface area contributed by atoms with Gasteiger partial charge in [-0.25, -0.2) is 8.42 Å². The summed E-state index contributed by atoms with van der Waals surface area (Å²) in [4.78, 5) is 11.6. The summed E-state index contributed by atoms with van der Waals surface area (Å²) in [6.45, 7) is 4.17. The highest BCUT2D eigenvalue weighted by Crippen LogP contribution is 2.13. The molecule has 1 rings (SSSR count). The summed E-state index contributed by atoms with van der Waals surface area (Å²) < 4.78 is 30.8. The molecule has 0 aliphatic rings. The van der Waals surface area contributed by atoms with E-state index in [1.807, 2.05) is 0 Å². The normalized spacial score (nSPS) is 11.4. The van der Waals surface area contributed by atoms with E-state index in [1.54, 1.807) is 45.2 Å². The number of hydrogen-bond donors (Lipinski definition) is 2. The van der Waals surface area contributed by atoms with Gasteiger partial charge in [0.1, 0.15) is 0 Å². The predicted molar refractivity (Wildman–Crippen MR) is 82.7 cm³/mol. The molecule has 6 nitrogen and oxygen atoms in total. The summed E-state index contributed by atoms with van der Waals surface area (Å²) in [7, 11) is -1.77. The van der Waals surface area contributed by atoms with Crippen molar-refractivity contribution in [3.8, 4) is 0 Å². The fourth-order valence-corrected chi connectivity index (χ4v) is 2.21. The van der Waals surface area contributed by atoms with Gasteiger partial charge in [-0.15, -0.1) is 0 Å². The zero-order valence-electron chi connectivity index (χ0n) is 12.5. The largest absolute Gasteiger partial charge is 0.383 e. The molecule has 0 atom stereocenters. The Morgan fingerprint density at radius 2 is 1.86 bits per heavy atom. The molecule has 0 bridgehead atoms. The van der Waals surface area contributed by atoms with Crippen molar-refractivity contribution in [2.75, 3.05) is 25.0 Å². The molecule has 0 aliphatic carbocycles. The molecule has 0 unspecified atom stereocenters. The summed E-state index contributed by atoms with van der Waals surface area (Å²) in [6, 6.07) is 6.76. The number of hydrogen-bond acceptors (Lipinski definition) is 4. The first-order chi connectivity index (χ1) is 9.85. The van der Waals surface area contributed by atoms with Crippen molar-refractivity contribution in [3.63, 3.8) is 0 Å². The van der Waals surface area contributed by atoms with E-state index in [0.29, 0.717) is 18.8 Å². The third-order valence-corrected chi connectivity index (χ3v) is 4.59. The van der Waals surface area contributed by atoms with Crippen LogP contribution in [0.3, 0.4) is 0 Å². The van der Waals surface area contributed by atoms with Crippen molar-refractivity contribution in [1.29, 1.82) is 0 Å². The van der Waals surface area contributed by atoms with Gasteiger partial charge >= 0.3 is 0 Å². The summed E-state index contributed by atoms with van der Waals surface area (Å²) in [6.07, 6.45) is 0.251. The third-order valence-electron chi connectivity index (χ3n) is 2.83. The Bertz CT molecular complexity index is 553. The number of methoxy groups -OCH3 is 1. The van der Waals surface area contributed by atoms with Crippen LogP contribution in [0.4, 0.5) is 5.69 Å². The molecular formula is C14H22N2O4S. The predicted octanol–water partition coefficient (Wildman–Crippen LogP) is 1.14. The molecule has 0 saturated heterocycles.